The zero-order valence-corrected chi connectivity index (χ0v) is 9.36. The monoisotopic (exact) mass is 199 g/mol. The Hall–Kier alpha value is -1.70. The summed E-state index contributed by atoms with van der Waals surface area (Å²) in [7, 11) is 2.02. The molecule has 0 saturated carbocycles. The van der Waals surface area contributed by atoms with Crippen LogP contribution in [0.25, 0.3) is 11.3 Å². The van der Waals surface area contributed by atoms with Crippen molar-refractivity contribution in [3.8, 4) is 11.3 Å². The third-order valence-electron chi connectivity index (χ3n) is 2.60. The maximum atomic E-state index is 4.08. The first-order valence-corrected chi connectivity index (χ1v) is 5.06. The fourth-order valence-corrected chi connectivity index (χ4v) is 1.81. The van der Waals surface area contributed by atoms with Crippen LogP contribution in [-0.2, 0) is 7.05 Å². The smallest absolute Gasteiger partial charge is 0.233 e. The van der Waals surface area contributed by atoms with Crippen LogP contribution in [0, 0.1) is 13.8 Å². The van der Waals surface area contributed by atoms with E-state index in [1.807, 2.05) is 30.2 Å². The Kier molecular flexibility index (Phi) is 2.50. The standard InChI is InChI=1S/C13H15N2/c1-10-4-5-12(11(2)8-10)13-6-7-14-9-15(13)3/h4-9H,1-3H3/q+1. The zero-order valence-electron chi connectivity index (χ0n) is 9.36. The van der Waals surface area contributed by atoms with E-state index in [4.69, 9.17) is 0 Å². The van der Waals surface area contributed by atoms with Crippen molar-refractivity contribution in [2.24, 2.45) is 7.05 Å². The van der Waals surface area contributed by atoms with Crippen molar-refractivity contribution in [2.45, 2.75) is 13.8 Å². The van der Waals surface area contributed by atoms with Crippen LogP contribution in [0.15, 0.2) is 36.8 Å². The molecule has 0 N–H and O–H groups in total. The van der Waals surface area contributed by atoms with Gasteiger partial charge in [-0.25, -0.2) is 4.57 Å². The van der Waals surface area contributed by atoms with Crippen LogP contribution in [0.5, 0.6) is 0 Å². The van der Waals surface area contributed by atoms with Gasteiger partial charge < -0.3 is 0 Å². The van der Waals surface area contributed by atoms with Gasteiger partial charge in [-0.1, -0.05) is 28.7 Å². The summed E-state index contributed by atoms with van der Waals surface area (Å²) in [4.78, 5) is 4.08. The molecule has 1 aromatic heterocycles. The molecule has 0 saturated heterocycles. The average molecular weight is 199 g/mol. The predicted molar refractivity (Wildman–Crippen MR) is 60.3 cm³/mol. The number of hydrogen-bond donors (Lipinski definition) is 0. The Morgan fingerprint density at radius 3 is 2.60 bits per heavy atom. The fourth-order valence-electron chi connectivity index (χ4n) is 1.81. The van der Waals surface area contributed by atoms with Crippen molar-refractivity contribution in [2.75, 3.05) is 0 Å². The van der Waals surface area contributed by atoms with Crippen molar-refractivity contribution in [3.63, 3.8) is 0 Å². The van der Waals surface area contributed by atoms with E-state index in [1.54, 1.807) is 0 Å². The van der Waals surface area contributed by atoms with Gasteiger partial charge in [0.2, 0.25) is 0 Å². The van der Waals surface area contributed by atoms with E-state index in [0.29, 0.717) is 0 Å². The molecule has 2 aromatic rings. The molecule has 0 bridgehead atoms. The minimum absolute atomic E-state index is 1.20. The lowest BCUT2D eigenvalue weighted by Crippen LogP contribution is -2.31. The number of nitrogens with zero attached hydrogens (tertiary/aromatic N) is 2. The van der Waals surface area contributed by atoms with E-state index in [1.165, 1.54) is 22.4 Å². The molecule has 2 rings (SSSR count). The molecule has 0 aliphatic heterocycles. The maximum Gasteiger partial charge on any atom is 0.286 e. The second-order valence-electron chi connectivity index (χ2n) is 3.89. The molecule has 0 atom stereocenters. The maximum absolute atomic E-state index is 4.08. The van der Waals surface area contributed by atoms with Crippen LogP contribution < -0.4 is 4.57 Å². The van der Waals surface area contributed by atoms with Gasteiger partial charge in [0.25, 0.3) is 6.33 Å². The van der Waals surface area contributed by atoms with Crippen LogP contribution >= 0.6 is 0 Å². The van der Waals surface area contributed by atoms with Crippen molar-refractivity contribution in [1.82, 2.24) is 4.98 Å². The predicted octanol–water partition coefficient (Wildman–Crippen LogP) is 2.19. The summed E-state index contributed by atoms with van der Waals surface area (Å²) in [5, 5.41) is 0. The Bertz CT molecular complexity index is 490. The number of aryl methyl sites for hydroxylation is 3. The fraction of sp³-hybridized carbons (Fsp3) is 0.231. The van der Waals surface area contributed by atoms with E-state index >= 15 is 0 Å². The molecule has 0 radical (unpaired) electrons. The Morgan fingerprint density at radius 1 is 1.13 bits per heavy atom. The second-order valence-corrected chi connectivity index (χ2v) is 3.89. The summed E-state index contributed by atoms with van der Waals surface area (Å²) in [5.41, 5.74) is 5.07. The third-order valence-corrected chi connectivity index (χ3v) is 2.60. The normalized spacial score (nSPS) is 10.3. The minimum atomic E-state index is 1.20. The molecule has 0 fully saturated rings. The topological polar surface area (TPSA) is 16.8 Å². The highest BCUT2D eigenvalue weighted by atomic mass is 15.0. The van der Waals surface area contributed by atoms with Gasteiger partial charge >= 0.3 is 0 Å². The zero-order chi connectivity index (χ0) is 10.8. The molecule has 1 heterocycles. The van der Waals surface area contributed by atoms with E-state index in [0.717, 1.165) is 0 Å². The van der Waals surface area contributed by atoms with E-state index in [-0.39, 0.29) is 0 Å². The van der Waals surface area contributed by atoms with Crippen molar-refractivity contribution in [3.05, 3.63) is 47.9 Å². The summed E-state index contributed by atoms with van der Waals surface area (Å²) in [6.07, 6.45) is 3.66. The summed E-state index contributed by atoms with van der Waals surface area (Å²) in [6.45, 7) is 4.26. The average Bonchev–Trinajstić information content (AvgIpc) is 2.20. The summed E-state index contributed by atoms with van der Waals surface area (Å²) in [6, 6.07) is 8.55. The molecule has 1 aromatic carbocycles. The van der Waals surface area contributed by atoms with Gasteiger partial charge in [-0.2, -0.15) is 0 Å². The lowest BCUT2D eigenvalue weighted by molar-refractivity contribution is -0.663. The first kappa shape index (κ1) is 9.84. The van der Waals surface area contributed by atoms with Gasteiger partial charge in [-0.3, -0.25) is 0 Å². The second kappa shape index (κ2) is 3.81. The third kappa shape index (κ3) is 1.89. The number of benzene rings is 1. The van der Waals surface area contributed by atoms with E-state index in [9.17, 15) is 0 Å². The van der Waals surface area contributed by atoms with E-state index < -0.39 is 0 Å². The highest BCUT2D eigenvalue weighted by molar-refractivity contribution is 5.61. The molecule has 0 aliphatic carbocycles. The molecule has 76 valence electrons. The van der Waals surface area contributed by atoms with Crippen LogP contribution in [0.4, 0.5) is 0 Å². The summed E-state index contributed by atoms with van der Waals surface area (Å²) in [5.74, 6) is 0. The summed E-state index contributed by atoms with van der Waals surface area (Å²) < 4.78 is 2.04. The molecular formula is C13H15N2+. The van der Waals surface area contributed by atoms with Crippen LogP contribution in [0.1, 0.15) is 11.1 Å². The molecule has 0 spiro atoms. The molecular weight excluding hydrogens is 184 g/mol. The number of rotatable bonds is 1. The summed E-state index contributed by atoms with van der Waals surface area (Å²) >= 11 is 0. The highest BCUT2D eigenvalue weighted by Gasteiger charge is 2.08. The SMILES string of the molecule is Cc1ccc(-c2ccnc[n+]2C)c(C)c1. The number of aromatic nitrogens is 2. The van der Waals surface area contributed by atoms with Gasteiger partial charge in [0, 0.05) is 11.6 Å². The first-order valence-electron chi connectivity index (χ1n) is 5.06. The molecule has 0 amide bonds. The van der Waals surface area contributed by atoms with E-state index in [2.05, 4.69) is 37.0 Å². The first-order chi connectivity index (χ1) is 7.18. The van der Waals surface area contributed by atoms with Crippen LogP contribution in [-0.4, -0.2) is 4.98 Å². The van der Waals surface area contributed by atoms with Gasteiger partial charge in [0.15, 0.2) is 0 Å². The van der Waals surface area contributed by atoms with Gasteiger partial charge in [0.1, 0.15) is 11.9 Å². The number of hydrogen-bond acceptors (Lipinski definition) is 1. The molecule has 0 aliphatic rings. The lowest BCUT2D eigenvalue weighted by Gasteiger charge is -2.06. The van der Waals surface area contributed by atoms with Crippen LogP contribution in [0.2, 0.25) is 0 Å². The van der Waals surface area contributed by atoms with Crippen molar-refractivity contribution in [1.29, 1.82) is 0 Å². The highest BCUT2D eigenvalue weighted by Crippen LogP contribution is 2.20. The molecule has 2 heteroatoms. The Morgan fingerprint density at radius 2 is 1.93 bits per heavy atom. The Balaban J connectivity index is 2.60. The van der Waals surface area contributed by atoms with Gasteiger partial charge in [-0.05, 0) is 19.4 Å². The Labute approximate surface area is 90.2 Å². The largest absolute Gasteiger partial charge is 0.286 e. The quantitative estimate of drug-likeness (QED) is 0.643. The van der Waals surface area contributed by atoms with Crippen molar-refractivity contribution >= 4 is 0 Å². The van der Waals surface area contributed by atoms with Crippen molar-refractivity contribution < 1.29 is 4.57 Å². The van der Waals surface area contributed by atoms with Crippen LogP contribution in [0.3, 0.4) is 0 Å². The molecule has 2 nitrogen and oxygen atoms in total. The lowest BCUT2D eigenvalue weighted by atomic mass is 10.0. The van der Waals surface area contributed by atoms with Gasteiger partial charge in [-0.15, -0.1) is 0 Å². The van der Waals surface area contributed by atoms with Gasteiger partial charge in [0.05, 0.1) is 7.05 Å². The molecule has 0 unspecified atom stereocenters. The minimum Gasteiger partial charge on any atom is -0.233 e. The molecule has 15 heavy (non-hydrogen) atoms.